The van der Waals surface area contributed by atoms with Crippen LogP contribution in [0, 0.1) is 13.8 Å². The Morgan fingerprint density at radius 1 is 0.786 bits per heavy atom. The molecule has 1 fully saturated rings. The zero-order chi connectivity index (χ0) is 29.4. The third-order valence-corrected chi connectivity index (χ3v) is 8.95. The molecule has 1 N–H and O–H groups in total. The smallest absolute Gasteiger partial charge is 0.119 e. The quantitative estimate of drug-likeness (QED) is 0.181. The van der Waals surface area contributed by atoms with Crippen LogP contribution in [0.2, 0.25) is 0 Å². The molecule has 1 heterocycles. The third kappa shape index (κ3) is 7.06. The Hall–Kier alpha value is -3.60. The Morgan fingerprint density at radius 3 is 2.12 bits per heavy atom. The molecule has 4 aromatic carbocycles. The predicted molar refractivity (Wildman–Crippen MR) is 175 cm³/mol. The number of nitrogens with zero attached hydrogens (tertiary/aromatic N) is 2. The lowest BCUT2D eigenvalue weighted by molar-refractivity contribution is -0.00554. The summed E-state index contributed by atoms with van der Waals surface area (Å²) in [5.74, 6) is 0.742. The van der Waals surface area contributed by atoms with Crippen LogP contribution in [0.1, 0.15) is 53.5 Å². The SMILES string of the molecule is CCCCOc1ccc([C@](O)(Cc2ccccc2)[C@H](CN2CCN(c3cccc(C)c3C)CC2)c2ccccc2)cc1. The van der Waals surface area contributed by atoms with Crippen molar-refractivity contribution in [2.45, 2.75) is 51.6 Å². The molecule has 220 valence electrons. The van der Waals surface area contributed by atoms with E-state index in [2.05, 4.69) is 116 Å². The molecule has 1 aliphatic heterocycles. The van der Waals surface area contributed by atoms with Crippen LogP contribution in [0.25, 0.3) is 0 Å². The number of anilines is 1. The number of aliphatic hydroxyl groups is 1. The Labute approximate surface area is 252 Å². The van der Waals surface area contributed by atoms with Gasteiger partial charge in [-0.15, -0.1) is 0 Å². The van der Waals surface area contributed by atoms with Gasteiger partial charge in [-0.3, -0.25) is 4.90 Å². The lowest BCUT2D eigenvalue weighted by Crippen LogP contribution is -2.50. The van der Waals surface area contributed by atoms with Crippen LogP contribution in [0.15, 0.2) is 103 Å². The highest BCUT2D eigenvalue weighted by Crippen LogP contribution is 2.41. The van der Waals surface area contributed by atoms with Crippen LogP contribution in [-0.4, -0.2) is 49.3 Å². The van der Waals surface area contributed by atoms with E-state index >= 15 is 0 Å². The lowest BCUT2D eigenvalue weighted by atomic mass is 9.73. The minimum Gasteiger partial charge on any atom is -0.494 e. The van der Waals surface area contributed by atoms with Gasteiger partial charge in [-0.05, 0) is 66.3 Å². The first-order valence-corrected chi connectivity index (χ1v) is 15.6. The van der Waals surface area contributed by atoms with Crippen molar-refractivity contribution in [3.63, 3.8) is 0 Å². The van der Waals surface area contributed by atoms with Gasteiger partial charge >= 0.3 is 0 Å². The summed E-state index contributed by atoms with van der Waals surface area (Å²) in [4.78, 5) is 5.06. The standard InChI is InChI=1S/C38H46N2O2/c1-4-5-27-42-35-21-19-34(20-22-35)38(41,28-32-14-8-6-9-15-32)36(33-16-10-7-11-17-33)29-39-23-25-40(26-24-39)37-18-12-13-30(2)31(37)3/h6-22,36,41H,4-5,23-29H2,1-3H3/t36-,38-/m1/s1. The summed E-state index contributed by atoms with van der Waals surface area (Å²) in [6, 6.07) is 35.8. The van der Waals surface area contributed by atoms with Crippen molar-refractivity contribution in [3.8, 4) is 5.75 Å². The summed E-state index contributed by atoms with van der Waals surface area (Å²) < 4.78 is 5.97. The van der Waals surface area contributed by atoms with Gasteiger partial charge in [0.05, 0.1) is 6.61 Å². The highest BCUT2D eigenvalue weighted by Gasteiger charge is 2.41. The summed E-state index contributed by atoms with van der Waals surface area (Å²) >= 11 is 0. The first-order valence-electron chi connectivity index (χ1n) is 15.6. The number of hydrogen-bond donors (Lipinski definition) is 1. The van der Waals surface area contributed by atoms with Crippen molar-refractivity contribution in [2.75, 3.05) is 44.2 Å². The first-order chi connectivity index (χ1) is 20.5. The molecular weight excluding hydrogens is 516 g/mol. The van der Waals surface area contributed by atoms with Gasteiger partial charge in [0.1, 0.15) is 11.4 Å². The number of ether oxygens (including phenoxy) is 1. The maximum absolute atomic E-state index is 12.9. The molecule has 0 aromatic heterocycles. The van der Waals surface area contributed by atoms with Gasteiger partial charge in [0.25, 0.3) is 0 Å². The second kappa shape index (κ2) is 14.0. The summed E-state index contributed by atoms with van der Waals surface area (Å²) in [7, 11) is 0. The summed E-state index contributed by atoms with van der Waals surface area (Å²) in [6.45, 7) is 12.0. The molecule has 0 amide bonds. The maximum atomic E-state index is 12.9. The highest BCUT2D eigenvalue weighted by atomic mass is 16.5. The number of hydrogen-bond acceptors (Lipinski definition) is 4. The van der Waals surface area contributed by atoms with E-state index in [9.17, 15) is 5.11 Å². The zero-order valence-electron chi connectivity index (χ0n) is 25.5. The predicted octanol–water partition coefficient (Wildman–Crippen LogP) is 7.52. The second-order valence-electron chi connectivity index (χ2n) is 11.8. The van der Waals surface area contributed by atoms with Crippen molar-refractivity contribution in [3.05, 3.63) is 131 Å². The third-order valence-electron chi connectivity index (χ3n) is 8.95. The van der Waals surface area contributed by atoms with Gasteiger partial charge in [-0.25, -0.2) is 0 Å². The molecule has 0 spiro atoms. The van der Waals surface area contributed by atoms with Gasteiger partial charge in [0, 0.05) is 50.7 Å². The van der Waals surface area contributed by atoms with E-state index in [-0.39, 0.29) is 5.92 Å². The average Bonchev–Trinajstić information content (AvgIpc) is 3.03. The van der Waals surface area contributed by atoms with Gasteiger partial charge in [-0.1, -0.05) is 98.3 Å². The molecule has 0 unspecified atom stereocenters. The first kappa shape index (κ1) is 29.9. The molecule has 5 rings (SSSR count). The van der Waals surface area contributed by atoms with E-state index < -0.39 is 5.60 Å². The van der Waals surface area contributed by atoms with E-state index in [0.717, 1.165) is 68.0 Å². The minimum atomic E-state index is -1.10. The largest absolute Gasteiger partial charge is 0.494 e. The molecule has 0 aliphatic carbocycles. The van der Waals surface area contributed by atoms with Gasteiger partial charge in [-0.2, -0.15) is 0 Å². The van der Waals surface area contributed by atoms with Crippen molar-refractivity contribution in [1.29, 1.82) is 0 Å². The van der Waals surface area contributed by atoms with Crippen molar-refractivity contribution >= 4 is 5.69 Å². The number of aryl methyl sites for hydroxylation is 1. The second-order valence-corrected chi connectivity index (χ2v) is 11.8. The summed E-state index contributed by atoms with van der Waals surface area (Å²) in [5, 5.41) is 12.9. The van der Waals surface area contributed by atoms with Crippen molar-refractivity contribution in [1.82, 2.24) is 4.90 Å². The molecule has 0 saturated carbocycles. The minimum absolute atomic E-state index is 0.113. The molecule has 42 heavy (non-hydrogen) atoms. The van der Waals surface area contributed by atoms with Gasteiger partial charge in [0.15, 0.2) is 0 Å². The molecule has 0 radical (unpaired) electrons. The van der Waals surface area contributed by atoms with Crippen molar-refractivity contribution in [2.24, 2.45) is 0 Å². The van der Waals surface area contributed by atoms with E-state index in [1.165, 1.54) is 16.8 Å². The molecule has 4 nitrogen and oxygen atoms in total. The molecule has 1 aliphatic rings. The Balaban J connectivity index is 1.43. The fraction of sp³-hybridized carbons (Fsp3) is 0.368. The topological polar surface area (TPSA) is 35.9 Å². The molecule has 2 atom stereocenters. The summed E-state index contributed by atoms with van der Waals surface area (Å²) in [5.41, 5.74) is 6.17. The van der Waals surface area contributed by atoms with Crippen LogP contribution in [-0.2, 0) is 12.0 Å². The molecule has 0 bridgehead atoms. The summed E-state index contributed by atoms with van der Waals surface area (Å²) in [6.07, 6.45) is 2.67. The van der Waals surface area contributed by atoms with E-state index in [1.807, 2.05) is 18.2 Å². The molecular formula is C38H46N2O2. The van der Waals surface area contributed by atoms with Crippen LogP contribution in [0.3, 0.4) is 0 Å². The Bertz CT molecular complexity index is 1380. The van der Waals surface area contributed by atoms with Gasteiger partial charge in [0.2, 0.25) is 0 Å². The van der Waals surface area contributed by atoms with Crippen LogP contribution >= 0.6 is 0 Å². The van der Waals surface area contributed by atoms with Crippen LogP contribution in [0.4, 0.5) is 5.69 Å². The Kier molecular flexibility index (Phi) is 9.99. The molecule has 4 heteroatoms. The van der Waals surface area contributed by atoms with Crippen LogP contribution in [0.5, 0.6) is 5.75 Å². The normalized spacial score (nSPS) is 16.1. The van der Waals surface area contributed by atoms with E-state index in [1.54, 1.807) is 0 Å². The fourth-order valence-electron chi connectivity index (χ4n) is 6.23. The van der Waals surface area contributed by atoms with E-state index in [4.69, 9.17) is 4.74 Å². The maximum Gasteiger partial charge on any atom is 0.119 e. The number of piperazine rings is 1. The Morgan fingerprint density at radius 2 is 1.45 bits per heavy atom. The molecule has 1 saturated heterocycles. The monoisotopic (exact) mass is 562 g/mol. The molecule has 4 aromatic rings. The average molecular weight is 563 g/mol. The van der Waals surface area contributed by atoms with E-state index in [0.29, 0.717) is 13.0 Å². The van der Waals surface area contributed by atoms with Crippen LogP contribution < -0.4 is 9.64 Å². The number of unbranched alkanes of at least 4 members (excludes halogenated alkanes) is 1. The lowest BCUT2D eigenvalue weighted by Gasteiger charge is -2.43. The number of benzene rings is 4. The van der Waals surface area contributed by atoms with Gasteiger partial charge < -0.3 is 14.7 Å². The van der Waals surface area contributed by atoms with Crippen molar-refractivity contribution < 1.29 is 9.84 Å². The zero-order valence-corrected chi connectivity index (χ0v) is 25.5. The fourth-order valence-corrected chi connectivity index (χ4v) is 6.23. The number of rotatable bonds is 12. The highest BCUT2D eigenvalue weighted by molar-refractivity contribution is 5.56.